The molecule has 1 aromatic carbocycles. The smallest absolute Gasteiger partial charge is 0.337 e. The SMILES string of the molecule is CC(=O)c1cc(C(=O)O)c(C(=O)O)c(C(=O)O)c1C(=O)O. The highest BCUT2D eigenvalue weighted by Crippen LogP contribution is 2.25. The minimum absolute atomic E-state index is 0.546. The lowest BCUT2D eigenvalue weighted by atomic mass is 9.89. The van der Waals surface area contributed by atoms with Crippen LogP contribution in [0, 0.1) is 0 Å². The van der Waals surface area contributed by atoms with Crippen LogP contribution >= 0.6 is 0 Å². The average molecular weight is 296 g/mol. The second kappa shape index (κ2) is 5.41. The van der Waals surface area contributed by atoms with E-state index in [1.54, 1.807) is 0 Å². The van der Waals surface area contributed by atoms with Crippen molar-refractivity contribution in [3.63, 3.8) is 0 Å². The average Bonchev–Trinajstić information content (AvgIpc) is 2.34. The summed E-state index contributed by atoms with van der Waals surface area (Å²) in [4.78, 5) is 55.9. The van der Waals surface area contributed by atoms with E-state index in [1.165, 1.54) is 0 Å². The van der Waals surface area contributed by atoms with Crippen LogP contribution in [0.4, 0.5) is 0 Å². The van der Waals surface area contributed by atoms with Crippen LogP contribution in [0.15, 0.2) is 6.07 Å². The summed E-state index contributed by atoms with van der Waals surface area (Å²) in [7, 11) is 0. The quantitative estimate of drug-likeness (QED) is 0.571. The number of aromatic carboxylic acids is 4. The van der Waals surface area contributed by atoms with Crippen LogP contribution in [0.5, 0.6) is 0 Å². The van der Waals surface area contributed by atoms with Gasteiger partial charge in [0.2, 0.25) is 0 Å². The van der Waals surface area contributed by atoms with Crippen molar-refractivity contribution in [3.05, 3.63) is 33.9 Å². The molecule has 0 amide bonds. The summed E-state index contributed by atoms with van der Waals surface area (Å²) in [6.07, 6.45) is 0. The Morgan fingerprint density at radius 3 is 1.33 bits per heavy atom. The monoisotopic (exact) mass is 296 g/mol. The molecule has 0 fully saturated rings. The lowest BCUT2D eigenvalue weighted by Crippen LogP contribution is -2.22. The van der Waals surface area contributed by atoms with Crippen LogP contribution in [-0.2, 0) is 0 Å². The van der Waals surface area contributed by atoms with Crippen LogP contribution < -0.4 is 0 Å². The number of ketones is 1. The summed E-state index contributed by atoms with van der Waals surface area (Å²) in [5.74, 6) is -8.45. The van der Waals surface area contributed by atoms with Crippen LogP contribution in [0.2, 0.25) is 0 Å². The van der Waals surface area contributed by atoms with Gasteiger partial charge >= 0.3 is 23.9 Å². The molecule has 0 heterocycles. The number of Topliss-reactive ketones (excluding diaryl/α,β-unsaturated/α-hetero) is 1. The number of hydrogen-bond donors (Lipinski definition) is 4. The number of rotatable bonds is 5. The first-order valence-corrected chi connectivity index (χ1v) is 5.24. The Labute approximate surface area is 116 Å². The summed E-state index contributed by atoms with van der Waals surface area (Å²) in [6.45, 7) is 0.902. The zero-order valence-electron chi connectivity index (χ0n) is 10.4. The molecule has 0 aromatic heterocycles. The number of carboxylic acid groups (broad SMARTS) is 4. The van der Waals surface area contributed by atoms with Crippen molar-refractivity contribution in [2.45, 2.75) is 6.92 Å². The van der Waals surface area contributed by atoms with Crippen molar-refractivity contribution >= 4 is 29.7 Å². The first kappa shape index (κ1) is 15.8. The van der Waals surface area contributed by atoms with E-state index in [0.29, 0.717) is 6.07 Å². The highest BCUT2D eigenvalue weighted by atomic mass is 16.4. The van der Waals surface area contributed by atoms with Gasteiger partial charge in [-0.25, -0.2) is 19.2 Å². The van der Waals surface area contributed by atoms with Crippen molar-refractivity contribution < 1.29 is 44.4 Å². The number of benzene rings is 1. The number of carboxylic acids is 4. The Balaban J connectivity index is 4.13. The zero-order valence-corrected chi connectivity index (χ0v) is 10.4. The summed E-state index contributed by atoms with van der Waals surface area (Å²) >= 11 is 0. The van der Waals surface area contributed by atoms with E-state index in [-0.39, 0.29) is 0 Å². The fraction of sp³-hybridized carbons (Fsp3) is 0.0833. The van der Waals surface area contributed by atoms with Crippen LogP contribution in [0.25, 0.3) is 0 Å². The lowest BCUT2D eigenvalue weighted by Gasteiger charge is -2.12. The molecule has 0 bridgehead atoms. The van der Waals surface area contributed by atoms with Crippen LogP contribution in [-0.4, -0.2) is 50.1 Å². The molecule has 0 spiro atoms. The summed E-state index contributed by atoms with van der Waals surface area (Å²) < 4.78 is 0. The molecular formula is C12H8O9. The molecule has 0 saturated heterocycles. The third kappa shape index (κ3) is 2.71. The van der Waals surface area contributed by atoms with Gasteiger partial charge in [-0.2, -0.15) is 0 Å². The molecule has 9 nitrogen and oxygen atoms in total. The minimum Gasteiger partial charge on any atom is -0.478 e. The molecular weight excluding hydrogens is 288 g/mol. The van der Waals surface area contributed by atoms with E-state index in [4.69, 9.17) is 20.4 Å². The van der Waals surface area contributed by atoms with E-state index in [0.717, 1.165) is 6.92 Å². The molecule has 0 saturated carbocycles. The van der Waals surface area contributed by atoms with Gasteiger partial charge in [0.25, 0.3) is 0 Å². The molecule has 0 atom stereocenters. The highest BCUT2D eigenvalue weighted by molar-refractivity contribution is 6.18. The van der Waals surface area contributed by atoms with Crippen LogP contribution in [0.3, 0.4) is 0 Å². The first-order valence-electron chi connectivity index (χ1n) is 5.24. The van der Waals surface area contributed by atoms with Gasteiger partial charge in [-0.05, 0) is 13.0 Å². The van der Waals surface area contributed by atoms with Crippen molar-refractivity contribution in [2.24, 2.45) is 0 Å². The molecule has 21 heavy (non-hydrogen) atoms. The van der Waals surface area contributed by atoms with Gasteiger partial charge < -0.3 is 20.4 Å². The molecule has 0 aliphatic heterocycles. The van der Waals surface area contributed by atoms with Gasteiger partial charge in [-0.15, -0.1) is 0 Å². The first-order chi connectivity index (χ1) is 9.59. The topological polar surface area (TPSA) is 166 Å². The van der Waals surface area contributed by atoms with E-state index >= 15 is 0 Å². The Morgan fingerprint density at radius 1 is 0.667 bits per heavy atom. The van der Waals surface area contributed by atoms with Gasteiger partial charge in [0.05, 0.1) is 22.3 Å². The van der Waals surface area contributed by atoms with Gasteiger partial charge in [-0.3, -0.25) is 4.79 Å². The van der Waals surface area contributed by atoms with Crippen molar-refractivity contribution in [3.8, 4) is 0 Å². The zero-order chi connectivity index (χ0) is 16.5. The molecule has 0 aliphatic rings. The highest BCUT2D eigenvalue weighted by Gasteiger charge is 2.33. The largest absolute Gasteiger partial charge is 0.478 e. The maximum absolute atomic E-state index is 11.4. The van der Waals surface area contributed by atoms with Crippen molar-refractivity contribution in [2.75, 3.05) is 0 Å². The van der Waals surface area contributed by atoms with E-state index in [1.807, 2.05) is 0 Å². The summed E-state index contributed by atoms with van der Waals surface area (Å²) in [5, 5.41) is 36.0. The maximum atomic E-state index is 11.4. The van der Waals surface area contributed by atoms with Crippen molar-refractivity contribution in [1.29, 1.82) is 0 Å². The predicted octanol–water partition coefficient (Wildman–Crippen LogP) is 0.682. The van der Waals surface area contributed by atoms with Crippen molar-refractivity contribution in [1.82, 2.24) is 0 Å². The third-order valence-corrected chi connectivity index (χ3v) is 2.58. The lowest BCUT2D eigenvalue weighted by molar-refractivity contribution is 0.0618. The summed E-state index contributed by atoms with van der Waals surface area (Å²) in [5.41, 5.74) is -5.17. The maximum Gasteiger partial charge on any atom is 0.337 e. The molecule has 0 radical (unpaired) electrons. The second-order valence-corrected chi connectivity index (χ2v) is 3.87. The van der Waals surface area contributed by atoms with Gasteiger partial charge in [0, 0.05) is 5.56 Å². The Bertz CT molecular complexity index is 649. The van der Waals surface area contributed by atoms with Crippen LogP contribution in [0.1, 0.15) is 58.7 Å². The Kier molecular flexibility index (Phi) is 4.08. The van der Waals surface area contributed by atoms with E-state index in [9.17, 15) is 24.0 Å². The fourth-order valence-electron chi connectivity index (χ4n) is 1.79. The normalized spacial score (nSPS) is 9.95. The van der Waals surface area contributed by atoms with Gasteiger partial charge in [-0.1, -0.05) is 0 Å². The molecule has 9 heteroatoms. The van der Waals surface area contributed by atoms with E-state index in [2.05, 4.69) is 0 Å². The molecule has 0 unspecified atom stereocenters. The second-order valence-electron chi connectivity index (χ2n) is 3.87. The Morgan fingerprint density at radius 2 is 1.05 bits per heavy atom. The molecule has 110 valence electrons. The third-order valence-electron chi connectivity index (χ3n) is 2.58. The van der Waals surface area contributed by atoms with Gasteiger partial charge in [0.1, 0.15) is 0 Å². The molecule has 0 aliphatic carbocycles. The number of carbonyl (C=O) groups excluding carboxylic acids is 1. The number of hydrogen-bond acceptors (Lipinski definition) is 5. The molecule has 1 aromatic rings. The predicted molar refractivity (Wildman–Crippen MR) is 64.3 cm³/mol. The number of carbonyl (C=O) groups is 5. The van der Waals surface area contributed by atoms with Gasteiger partial charge in [0.15, 0.2) is 5.78 Å². The summed E-state index contributed by atoms with van der Waals surface area (Å²) in [6, 6.07) is 0.546. The van der Waals surface area contributed by atoms with E-state index < -0.39 is 57.5 Å². The molecule has 4 N–H and O–H groups in total. The standard InChI is InChI=1S/C12H8O9/c1-3(13)4-2-5(9(14)15)7(11(18)19)8(12(20)21)6(4)10(16)17/h2H,1H3,(H,14,15)(H,16,17)(H,18,19)(H,20,21). The fourth-order valence-corrected chi connectivity index (χ4v) is 1.79. The minimum atomic E-state index is -1.96. The molecule has 1 rings (SSSR count). The Hall–Kier alpha value is -3.23.